The highest BCUT2D eigenvalue weighted by molar-refractivity contribution is 6.31. The van der Waals surface area contributed by atoms with Crippen molar-refractivity contribution in [3.63, 3.8) is 0 Å². The number of allylic oxidation sites excluding steroid dienone is 2. The number of alkyl halides is 3. The molecule has 0 radical (unpaired) electrons. The van der Waals surface area contributed by atoms with Gasteiger partial charge in [-0.05, 0) is 23.8 Å². The third-order valence-corrected chi connectivity index (χ3v) is 5.77. The van der Waals surface area contributed by atoms with Gasteiger partial charge in [-0.3, -0.25) is 9.59 Å². The van der Waals surface area contributed by atoms with Crippen molar-refractivity contribution in [1.29, 1.82) is 0 Å². The van der Waals surface area contributed by atoms with Gasteiger partial charge in [-0.2, -0.15) is 13.2 Å². The Kier molecular flexibility index (Phi) is 8.33. The molecule has 3 aromatic rings. The first-order valence-electron chi connectivity index (χ1n) is 11.4. The molecule has 0 aliphatic carbocycles. The van der Waals surface area contributed by atoms with E-state index in [1.165, 1.54) is 18.3 Å². The van der Waals surface area contributed by atoms with Crippen LogP contribution in [0.5, 0.6) is 17.5 Å². The molecule has 208 valence electrons. The lowest BCUT2D eigenvalue weighted by molar-refractivity contribution is -0.147. The number of esters is 1. The van der Waals surface area contributed by atoms with Crippen LogP contribution in [0.2, 0.25) is 5.02 Å². The molecule has 1 amide bonds. The van der Waals surface area contributed by atoms with Crippen molar-refractivity contribution in [2.24, 2.45) is 0 Å². The van der Waals surface area contributed by atoms with Gasteiger partial charge in [-0.1, -0.05) is 41.9 Å². The molecule has 1 aliphatic heterocycles. The van der Waals surface area contributed by atoms with Gasteiger partial charge in [0.15, 0.2) is 18.1 Å². The molecule has 1 unspecified atom stereocenters. The van der Waals surface area contributed by atoms with Crippen LogP contribution in [0, 0.1) is 5.82 Å². The third kappa shape index (κ3) is 6.37. The van der Waals surface area contributed by atoms with Crippen LogP contribution in [0.3, 0.4) is 0 Å². The van der Waals surface area contributed by atoms with Crippen molar-refractivity contribution >= 4 is 29.3 Å². The number of amides is 1. The molecule has 0 bridgehead atoms. The lowest BCUT2D eigenvalue weighted by atomic mass is 9.93. The van der Waals surface area contributed by atoms with Gasteiger partial charge in [0.25, 0.3) is 5.88 Å². The van der Waals surface area contributed by atoms with Crippen LogP contribution in [0.4, 0.5) is 17.6 Å². The summed E-state index contributed by atoms with van der Waals surface area (Å²) in [5.41, 5.74) is -1.53. The van der Waals surface area contributed by atoms with Crippen LogP contribution in [0.25, 0.3) is 0 Å². The Balaban J connectivity index is 1.53. The summed E-state index contributed by atoms with van der Waals surface area (Å²) >= 11 is 6.05. The molecule has 3 heterocycles. The van der Waals surface area contributed by atoms with Crippen LogP contribution in [-0.4, -0.2) is 52.4 Å². The third-order valence-electron chi connectivity index (χ3n) is 5.50. The lowest BCUT2D eigenvalue weighted by Crippen LogP contribution is -2.43. The van der Waals surface area contributed by atoms with Gasteiger partial charge in [0.1, 0.15) is 34.8 Å². The summed E-state index contributed by atoms with van der Waals surface area (Å²) in [5.74, 6) is -7.46. The van der Waals surface area contributed by atoms with Crippen molar-refractivity contribution in [2.45, 2.75) is 18.7 Å². The first-order valence-corrected chi connectivity index (χ1v) is 11.7. The standard InChI is InChI=1S/C26H18ClF4N3O6/c1-34-19(26(29,30)31)11-17(35)21(25(34)37)22-16(28)10-15(27)23(33-22)40-18-8-5-9-32-24(18)39-13-20(36)38-12-14-6-3-2-4-7-14/h2-11,21H,12-13H2,1H3. The number of hydrogen-bond donors (Lipinski definition) is 0. The molecule has 1 aliphatic rings. The minimum Gasteiger partial charge on any atom is -0.463 e. The number of hydrogen-bond acceptors (Lipinski definition) is 8. The summed E-state index contributed by atoms with van der Waals surface area (Å²) in [5, 5.41) is -0.395. The van der Waals surface area contributed by atoms with E-state index in [4.69, 9.17) is 25.8 Å². The second-order valence-electron chi connectivity index (χ2n) is 8.25. The van der Waals surface area contributed by atoms with Gasteiger partial charge in [0.2, 0.25) is 11.8 Å². The van der Waals surface area contributed by atoms with E-state index in [1.807, 2.05) is 6.07 Å². The Labute approximate surface area is 228 Å². The minimum atomic E-state index is -4.99. The molecule has 1 aromatic carbocycles. The fourth-order valence-electron chi connectivity index (χ4n) is 3.58. The molecule has 0 N–H and O–H groups in total. The monoisotopic (exact) mass is 579 g/mol. The van der Waals surface area contributed by atoms with Gasteiger partial charge in [0, 0.05) is 19.3 Å². The number of carbonyl (C=O) groups excluding carboxylic acids is 3. The number of rotatable bonds is 8. The van der Waals surface area contributed by atoms with Crippen molar-refractivity contribution in [2.75, 3.05) is 13.7 Å². The molecule has 14 heteroatoms. The number of aromatic nitrogens is 2. The molecule has 9 nitrogen and oxygen atoms in total. The van der Waals surface area contributed by atoms with E-state index in [0.29, 0.717) is 6.07 Å². The highest BCUT2D eigenvalue weighted by Gasteiger charge is 2.47. The maximum Gasteiger partial charge on any atom is 0.431 e. The fourth-order valence-corrected chi connectivity index (χ4v) is 3.76. The van der Waals surface area contributed by atoms with Crippen LogP contribution < -0.4 is 9.47 Å². The summed E-state index contributed by atoms with van der Waals surface area (Å²) in [4.78, 5) is 45.2. The van der Waals surface area contributed by atoms with Gasteiger partial charge in [-0.15, -0.1) is 0 Å². The normalized spacial score (nSPS) is 15.5. The second kappa shape index (κ2) is 11.7. The number of likely N-dealkylation sites (N-methyl/N-ethyl adjacent to an activating group) is 1. The predicted molar refractivity (Wildman–Crippen MR) is 130 cm³/mol. The van der Waals surface area contributed by atoms with Crippen LogP contribution in [0.1, 0.15) is 17.2 Å². The van der Waals surface area contributed by atoms with Crippen molar-refractivity contribution in [1.82, 2.24) is 14.9 Å². The second-order valence-corrected chi connectivity index (χ2v) is 8.65. The predicted octanol–water partition coefficient (Wildman–Crippen LogP) is 4.75. The molecule has 40 heavy (non-hydrogen) atoms. The Morgan fingerprint density at radius 1 is 1.10 bits per heavy atom. The number of pyridine rings is 2. The average molecular weight is 580 g/mol. The summed E-state index contributed by atoms with van der Waals surface area (Å²) < 4.78 is 70.4. The zero-order valence-corrected chi connectivity index (χ0v) is 21.2. The SMILES string of the molecule is CN1C(=O)C(c2nc(Oc3cccnc3OCC(=O)OCc3ccccc3)c(Cl)cc2F)C(=O)C=C1C(F)(F)F. The lowest BCUT2D eigenvalue weighted by Gasteiger charge is -2.30. The van der Waals surface area contributed by atoms with Crippen molar-refractivity contribution in [3.8, 4) is 17.5 Å². The number of ether oxygens (including phenoxy) is 3. The summed E-state index contributed by atoms with van der Waals surface area (Å²) in [7, 11) is 0.802. The highest BCUT2D eigenvalue weighted by atomic mass is 35.5. The van der Waals surface area contributed by atoms with Gasteiger partial charge >= 0.3 is 12.1 Å². The van der Waals surface area contributed by atoms with E-state index in [1.54, 1.807) is 24.3 Å². The largest absolute Gasteiger partial charge is 0.463 e. The van der Waals surface area contributed by atoms with E-state index in [0.717, 1.165) is 12.6 Å². The van der Waals surface area contributed by atoms with Crippen LogP contribution in [0.15, 0.2) is 66.5 Å². The smallest absolute Gasteiger partial charge is 0.431 e. The number of carbonyl (C=O) groups is 3. The maximum absolute atomic E-state index is 14.8. The molecular weight excluding hydrogens is 562 g/mol. The minimum absolute atomic E-state index is 0.0138. The van der Waals surface area contributed by atoms with Gasteiger partial charge in [0.05, 0.1) is 0 Å². The van der Waals surface area contributed by atoms with Crippen molar-refractivity contribution in [3.05, 3.63) is 88.6 Å². The Morgan fingerprint density at radius 3 is 2.52 bits per heavy atom. The van der Waals surface area contributed by atoms with Gasteiger partial charge in [-0.25, -0.2) is 19.2 Å². The molecule has 0 spiro atoms. The fraction of sp³-hybridized carbons (Fsp3) is 0.192. The van der Waals surface area contributed by atoms with E-state index < -0.39 is 64.5 Å². The van der Waals surface area contributed by atoms with E-state index >= 15 is 0 Å². The molecule has 0 saturated carbocycles. The van der Waals surface area contributed by atoms with E-state index in [-0.39, 0.29) is 29.2 Å². The Bertz CT molecular complexity index is 1480. The van der Waals surface area contributed by atoms with Gasteiger partial charge < -0.3 is 19.1 Å². The van der Waals surface area contributed by atoms with E-state index in [9.17, 15) is 31.9 Å². The maximum atomic E-state index is 14.8. The molecule has 4 rings (SSSR count). The molecule has 1 atom stereocenters. The Morgan fingerprint density at radius 2 is 1.82 bits per heavy atom. The topological polar surface area (TPSA) is 108 Å². The zero-order valence-electron chi connectivity index (χ0n) is 20.4. The first kappa shape index (κ1) is 28.5. The molecule has 2 aromatic heterocycles. The number of nitrogens with zero attached hydrogens (tertiary/aromatic N) is 3. The Hall–Kier alpha value is -4.52. The summed E-state index contributed by atoms with van der Waals surface area (Å²) in [6.45, 7) is -0.540. The summed E-state index contributed by atoms with van der Waals surface area (Å²) in [6, 6.07) is 12.4. The molecule has 0 saturated heterocycles. The average Bonchev–Trinajstić information content (AvgIpc) is 2.91. The zero-order chi connectivity index (χ0) is 29.0. The van der Waals surface area contributed by atoms with Crippen LogP contribution >= 0.6 is 11.6 Å². The highest BCUT2D eigenvalue weighted by Crippen LogP contribution is 2.38. The van der Waals surface area contributed by atoms with E-state index in [2.05, 4.69) is 9.97 Å². The summed E-state index contributed by atoms with van der Waals surface area (Å²) in [6.07, 6.45) is -3.47. The quantitative estimate of drug-likeness (QED) is 0.214. The number of benzene rings is 1. The molecular formula is C26H18ClF4N3O6. The number of ketones is 1. The first-order chi connectivity index (χ1) is 19.0. The van der Waals surface area contributed by atoms with Crippen molar-refractivity contribution < 1.29 is 46.2 Å². The molecule has 0 fully saturated rings. The number of halogens is 5. The van der Waals surface area contributed by atoms with Crippen LogP contribution in [-0.2, 0) is 25.7 Å².